The molecule has 1 aliphatic carbocycles. The van der Waals surface area contributed by atoms with E-state index in [4.69, 9.17) is 22.4 Å². The summed E-state index contributed by atoms with van der Waals surface area (Å²) in [4.78, 5) is 37.0. The van der Waals surface area contributed by atoms with Crippen molar-refractivity contribution in [3.05, 3.63) is 64.7 Å². The van der Waals surface area contributed by atoms with Crippen LogP contribution in [0.5, 0.6) is 0 Å². The molecular weight excluding hydrogens is 446 g/mol. The van der Waals surface area contributed by atoms with Gasteiger partial charge in [-0.25, -0.2) is 4.79 Å². The van der Waals surface area contributed by atoms with Crippen LogP contribution in [0, 0.1) is 0 Å². The fraction of sp³-hybridized carbons (Fsp3) is 0.375. The maximum absolute atomic E-state index is 13.0. The molecule has 0 atom stereocenters. The molecule has 0 heterocycles. The van der Waals surface area contributed by atoms with Crippen molar-refractivity contribution in [2.75, 3.05) is 25.0 Å². The normalized spacial score (nSPS) is 20.1. The Kier molecular flexibility index (Phi) is 7.94. The molecule has 8 nitrogen and oxygen atoms in total. The number of benzene rings is 2. The van der Waals surface area contributed by atoms with Crippen molar-refractivity contribution >= 4 is 35.1 Å². The van der Waals surface area contributed by atoms with Crippen molar-refractivity contribution in [1.82, 2.24) is 4.90 Å². The van der Waals surface area contributed by atoms with E-state index >= 15 is 0 Å². The molecule has 2 aromatic rings. The molecule has 5 N–H and O–H groups in total. The molecule has 0 saturated heterocycles. The average molecular weight is 474 g/mol. The minimum Gasteiger partial charge on any atom is -0.480 e. The van der Waals surface area contributed by atoms with E-state index < -0.39 is 18.5 Å². The van der Waals surface area contributed by atoms with Crippen LogP contribution in [0.1, 0.15) is 41.6 Å². The van der Waals surface area contributed by atoms with E-state index in [9.17, 15) is 19.5 Å². The Morgan fingerprint density at radius 2 is 1.79 bits per heavy atom. The van der Waals surface area contributed by atoms with E-state index in [2.05, 4.69) is 5.32 Å². The number of rotatable bonds is 9. The fourth-order valence-corrected chi connectivity index (χ4v) is 4.69. The number of carbonyl (C=O) groups excluding carboxylic acids is 1. The van der Waals surface area contributed by atoms with Gasteiger partial charge in [0.15, 0.2) is 0 Å². The third-order valence-corrected chi connectivity index (χ3v) is 6.60. The standard InChI is InChI=1S/C24H28ClN3O5/c25-18-5-2-4-17(12-18)24(15-26)9-7-20(8-10-24)28(14-22(30)31)21(29)13-27-19-6-1-3-16(11-19)23(32)33/h1-6,11-12,20,27H,7-10,13-15,26H2,(H,30,31)(H,32,33)/t20-,24-. The quantitative estimate of drug-likeness (QED) is 0.439. The van der Waals surface area contributed by atoms with E-state index in [-0.39, 0.29) is 29.5 Å². The predicted molar refractivity (Wildman–Crippen MR) is 126 cm³/mol. The van der Waals surface area contributed by atoms with Gasteiger partial charge in [-0.3, -0.25) is 9.59 Å². The number of hydrogen-bond acceptors (Lipinski definition) is 5. The summed E-state index contributed by atoms with van der Waals surface area (Å²) in [7, 11) is 0. The number of aromatic carboxylic acids is 1. The number of nitrogens with zero attached hydrogens (tertiary/aromatic N) is 1. The van der Waals surface area contributed by atoms with Gasteiger partial charge in [-0.2, -0.15) is 0 Å². The van der Waals surface area contributed by atoms with Crippen molar-refractivity contribution in [1.29, 1.82) is 0 Å². The van der Waals surface area contributed by atoms with Crippen LogP contribution >= 0.6 is 11.6 Å². The molecule has 0 aromatic heterocycles. The Bertz CT molecular complexity index is 1020. The molecule has 0 bridgehead atoms. The zero-order chi connectivity index (χ0) is 24.0. The molecule has 1 fully saturated rings. The average Bonchev–Trinajstić information content (AvgIpc) is 2.81. The topological polar surface area (TPSA) is 133 Å². The maximum atomic E-state index is 13.0. The number of anilines is 1. The number of aliphatic carboxylic acids is 1. The van der Waals surface area contributed by atoms with E-state index in [0.29, 0.717) is 42.9 Å². The highest BCUT2D eigenvalue weighted by Gasteiger charge is 2.39. The van der Waals surface area contributed by atoms with Crippen molar-refractivity contribution in [3.8, 4) is 0 Å². The van der Waals surface area contributed by atoms with Crippen LogP contribution in [-0.2, 0) is 15.0 Å². The predicted octanol–water partition coefficient (Wildman–Crippen LogP) is 3.20. The Morgan fingerprint density at radius 3 is 2.39 bits per heavy atom. The van der Waals surface area contributed by atoms with Crippen molar-refractivity contribution in [2.24, 2.45) is 5.73 Å². The van der Waals surface area contributed by atoms with Gasteiger partial charge in [-0.05, 0) is 61.6 Å². The highest BCUT2D eigenvalue weighted by Crippen LogP contribution is 2.40. The van der Waals surface area contributed by atoms with Crippen molar-refractivity contribution in [2.45, 2.75) is 37.1 Å². The lowest BCUT2D eigenvalue weighted by atomic mass is 9.68. The Labute approximate surface area is 197 Å². The smallest absolute Gasteiger partial charge is 0.335 e. The van der Waals surface area contributed by atoms with E-state index in [0.717, 1.165) is 5.56 Å². The number of hydrogen-bond donors (Lipinski definition) is 4. The second kappa shape index (κ2) is 10.7. The largest absolute Gasteiger partial charge is 0.480 e. The molecule has 9 heteroatoms. The molecule has 2 aromatic carbocycles. The summed E-state index contributed by atoms with van der Waals surface area (Å²) in [6, 6.07) is 13.5. The van der Waals surface area contributed by atoms with E-state index in [1.54, 1.807) is 12.1 Å². The highest BCUT2D eigenvalue weighted by atomic mass is 35.5. The minimum atomic E-state index is -1.08. The SMILES string of the molecule is NC[C@]1(c2cccc(Cl)c2)CC[C@H](N(CC(=O)O)C(=O)CNc2cccc(C(=O)O)c2)CC1. The number of carboxylic acid groups (broad SMARTS) is 2. The molecule has 1 aliphatic rings. The summed E-state index contributed by atoms with van der Waals surface area (Å²) in [5.41, 5.74) is 7.54. The van der Waals surface area contributed by atoms with Crippen LogP contribution < -0.4 is 11.1 Å². The van der Waals surface area contributed by atoms with Crippen molar-refractivity contribution in [3.63, 3.8) is 0 Å². The molecule has 0 spiro atoms. The van der Waals surface area contributed by atoms with Crippen LogP contribution in [0.2, 0.25) is 5.02 Å². The van der Waals surface area contributed by atoms with Gasteiger partial charge in [0.25, 0.3) is 0 Å². The lowest BCUT2D eigenvalue weighted by molar-refractivity contribution is -0.146. The van der Waals surface area contributed by atoms with Gasteiger partial charge in [-0.1, -0.05) is 29.8 Å². The monoisotopic (exact) mass is 473 g/mol. The first-order valence-corrected chi connectivity index (χ1v) is 11.2. The van der Waals surface area contributed by atoms with Gasteiger partial charge < -0.3 is 26.2 Å². The van der Waals surface area contributed by atoms with Gasteiger partial charge in [0.2, 0.25) is 5.91 Å². The van der Waals surface area contributed by atoms with Crippen LogP contribution in [0.25, 0.3) is 0 Å². The summed E-state index contributed by atoms with van der Waals surface area (Å²) >= 11 is 6.17. The van der Waals surface area contributed by atoms with Gasteiger partial charge in [0.1, 0.15) is 6.54 Å². The zero-order valence-corrected chi connectivity index (χ0v) is 18.9. The van der Waals surface area contributed by atoms with Gasteiger partial charge >= 0.3 is 11.9 Å². The number of amides is 1. The van der Waals surface area contributed by atoms with Gasteiger partial charge in [-0.15, -0.1) is 0 Å². The number of nitrogens with one attached hydrogen (secondary N) is 1. The van der Waals surface area contributed by atoms with Crippen molar-refractivity contribution < 1.29 is 24.6 Å². The molecule has 176 valence electrons. The zero-order valence-electron chi connectivity index (χ0n) is 18.2. The van der Waals surface area contributed by atoms with Crippen LogP contribution in [0.4, 0.5) is 5.69 Å². The van der Waals surface area contributed by atoms with E-state index in [1.807, 2.05) is 24.3 Å². The first-order valence-electron chi connectivity index (χ1n) is 10.8. The lowest BCUT2D eigenvalue weighted by Crippen LogP contribution is -2.50. The third-order valence-electron chi connectivity index (χ3n) is 6.36. The molecule has 0 aliphatic heterocycles. The highest BCUT2D eigenvalue weighted by molar-refractivity contribution is 6.30. The second-order valence-electron chi connectivity index (χ2n) is 8.38. The van der Waals surface area contributed by atoms with Gasteiger partial charge in [0.05, 0.1) is 12.1 Å². The van der Waals surface area contributed by atoms with Crippen LogP contribution in [0.3, 0.4) is 0 Å². The second-order valence-corrected chi connectivity index (χ2v) is 8.82. The summed E-state index contributed by atoms with van der Waals surface area (Å²) in [6.45, 7) is -0.0925. The Hall–Kier alpha value is -3.10. The van der Waals surface area contributed by atoms with E-state index in [1.165, 1.54) is 17.0 Å². The Balaban J connectivity index is 1.69. The summed E-state index contributed by atoms with van der Waals surface area (Å²) in [6.07, 6.45) is 2.67. The summed E-state index contributed by atoms with van der Waals surface area (Å²) in [5, 5.41) is 22.1. The molecule has 1 saturated carbocycles. The lowest BCUT2D eigenvalue weighted by Gasteiger charge is -2.43. The third kappa shape index (κ3) is 6.03. The number of halogens is 1. The number of nitrogens with two attached hydrogens (primary N) is 1. The van der Waals surface area contributed by atoms with Crippen LogP contribution in [-0.4, -0.2) is 58.6 Å². The molecule has 1 amide bonds. The van der Waals surface area contributed by atoms with Crippen LogP contribution in [0.15, 0.2) is 48.5 Å². The van der Waals surface area contributed by atoms with Gasteiger partial charge in [0, 0.05) is 28.7 Å². The fourth-order valence-electron chi connectivity index (χ4n) is 4.50. The molecule has 0 radical (unpaired) electrons. The molecular formula is C24H28ClN3O5. The number of carbonyl (C=O) groups is 3. The molecule has 3 rings (SSSR count). The summed E-state index contributed by atoms with van der Waals surface area (Å²) in [5.74, 6) is -2.50. The summed E-state index contributed by atoms with van der Waals surface area (Å²) < 4.78 is 0. The Morgan fingerprint density at radius 1 is 1.09 bits per heavy atom. The minimum absolute atomic E-state index is 0.0984. The number of carboxylic acids is 2. The molecule has 0 unspecified atom stereocenters. The first kappa shape index (κ1) is 24.5. The maximum Gasteiger partial charge on any atom is 0.335 e. The first-order chi connectivity index (χ1) is 15.7. The molecule has 33 heavy (non-hydrogen) atoms.